The number of carbonyl (C=O) groups excluding carboxylic acids is 1. The summed E-state index contributed by atoms with van der Waals surface area (Å²) in [6.07, 6.45) is 2.14. The Hall–Kier alpha value is -1.86. The summed E-state index contributed by atoms with van der Waals surface area (Å²) in [4.78, 5) is 12.0. The van der Waals surface area contributed by atoms with E-state index >= 15 is 0 Å². The van der Waals surface area contributed by atoms with E-state index in [0.717, 1.165) is 19.4 Å². The van der Waals surface area contributed by atoms with Crippen LogP contribution in [-0.2, 0) is 4.74 Å². The van der Waals surface area contributed by atoms with Gasteiger partial charge in [-0.25, -0.2) is 0 Å². The molecule has 0 aliphatic carbocycles. The summed E-state index contributed by atoms with van der Waals surface area (Å²) in [5.74, 6) is -0.157. The van der Waals surface area contributed by atoms with Gasteiger partial charge in [0.1, 0.15) is 0 Å². The summed E-state index contributed by atoms with van der Waals surface area (Å²) in [6.45, 7) is 2.72. The van der Waals surface area contributed by atoms with Gasteiger partial charge in [0.25, 0.3) is 5.91 Å². The van der Waals surface area contributed by atoms with Gasteiger partial charge >= 0.3 is 0 Å². The van der Waals surface area contributed by atoms with Crippen LogP contribution >= 0.6 is 0 Å². The maximum Gasteiger partial charge on any atom is 0.251 e. The second-order valence-electron chi connectivity index (χ2n) is 4.51. The van der Waals surface area contributed by atoms with Gasteiger partial charge in [-0.3, -0.25) is 4.79 Å². The van der Waals surface area contributed by atoms with Gasteiger partial charge in [-0.15, -0.1) is 0 Å². The number of amides is 1. The van der Waals surface area contributed by atoms with Crippen LogP contribution in [0.2, 0.25) is 0 Å². The van der Waals surface area contributed by atoms with Crippen LogP contribution in [0, 0.1) is 11.3 Å². The fourth-order valence-electron chi connectivity index (χ4n) is 2.11. The first-order chi connectivity index (χ1) is 8.70. The molecule has 1 amide bonds. The van der Waals surface area contributed by atoms with Crippen LogP contribution in [0.4, 0.5) is 0 Å². The normalized spacial score (nSPS) is 20.1. The maximum atomic E-state index is 12.0. The molecule has 2 rings (SSSR count). The minimum atomic E-state index is -0.157. The molecule has 0 spiro atoms. The standard InChI is InChI=1S/C14H16N2O2/c1-10(13-6-3-7-18-13)16-14(17)12-5-2-4-11(8-12)9-15/h2,4-5,8,10,13H,3,6-7H2,1H3,(H,16,17)/t10-,13-/m1/s1. The molecule has 0 bridgehead atoms. The zero-order valence-electron chi connectivity index (χ0n) is 10.3. The number of rotatable bonds is 3. The molecule has 1 heterocycles. The molecule has 0 radical (unpaired) electrons. The lowest BCUT2D eigenvalue weighted by atomic mass is 10.1. The number of hydrogen-bond acceptors (Lipinski definition) is 3. The van der Waals surface area contributed by atoms with Crippen molar-refractivity contribution in [2.45, 2.75) is 31.9 Å². The van der Waals surface area contributed by atoms with Crippen molar-refractivity contribution >= 4 is 5.91 Å². The zero-order valence-corrected chi connectivity index (χ0v) is 10.3. The maximum absolute atomic E-state index is 12.0. The molecule has 2 atom stereocenters. The van der Waals surface area contributed by atoms with Gasteiger partial charge < -0.3 is 10.1 Å². The van der Waals surface area contributed by atoms with Gasteiger partial charge in [0.15, 0.2) is 0 Å². The lowest BCUT2D eigenvalue weighted by molar-refractivity contribution is 0.0712. The predicted molar refractivity (Wildman–Crippen MR) is 67.1 cm³/mol. The molecule has 94 valence electrons. The van der Waals surface area contributed by atoms with E-state index in [4.69, 9.17) is 10.00 Å². The van der Waals surface area contributed by atoms with Gasteiger partial charge in [0.05, 0.1) is 23.8 Å². The average molecular weight is 244 g/mol. The van der Waals surface area contributed by atoms with Gasteiger partial charge in [0, 0.05) is 12.2 Å². The second-order valence-corrected chi connectivity index (χ2v) is 4.51. The third-order valence-corrected chi connectivity index (χ3v) is 3.14. The van der Waals surface area contributed by atoms with Crippen LogP contribution in [-0.4, -0.2) is 24.7 Å². The van der Waals surface area contributed by atoms with Gasteiger partial charge in [0.2, 0.25) is 0 Å². The topological polar surface area (TPSA) is 62.1 Å². The van der Waals surface area contributed by atoms with E-state index in [2.05, 4.69) is 5.32 Å². The lowest BCUT2D eigenvalue weighted by Crippen LogP contribution is -2.40. The Balaban J connectivity index is 2.00. The first-order valence-electron chi connectivity index (χ1n) is 6.13. The Kier molecular flexibility index (Phi) is 3.96. The van der Waals surface area contributed by atoms with Gasteiger partial charge in [-0.2, -0.15) is 5.26 Å². The molecule has 1 aliphatic rings. The summed E-state index contributed by atoms with van der Waals surface area (Å²) in [5.41, 5.74) is 1.01. The molecule has 1 aromatic rings. The SMILES string of the molecule is C[C@@H](NC(=O)c1cccc(C#N)c1)[C@H]1CCCO1. The highest BCUT2D eigenvalue weighted by Gasteiger charge is 2.23. The Labute approximate surface area is 107 Å². The van der Waals surface area contributed by atoms with Crippen molar-refractivity contribution in [1.29, 1.82) is 5.26 Å². The Bertz CT molecular complexity index is 473. The molecule has 0 aromatic heterocycles. The van der Waals surface area contributed by atoms with E-state index < -0.39 is 0 Å². The zero-order chi connectivity index (χ0) is 13.0. The Morgan fingerprint density at radius 2 is 2.44 bits per heavy atom. The molecule has 18 heavy (non-hydrogen) atoms. The number of nitrogens with one attached hydrogen (secondary N) is 1. The Morgan fingerprint density at radius 1 is 1.61 bits per heavy atom. The first kappa shape index (κ1) is 12.6. The number of carbonyl (C=O) groups is 1. The minimum absolute atomic E-state index is 0.00857. The van der Waals surface area contributed by atoms with Crippen LogP contribution in [0.1, 0.15) is 35.7 Å². The van der Waals surface area contributed by atoms with Crippen LogP contribution in [0.3, 0.4) is 0 Å². The highest BCUT2D eigenvalue weighted by atomic mass is 16.5. The van der Waals surface area contributed by atoms with E-state index in [1.807, 2.05) is 13.0 Å². The van der Waals surface area contributed by atoms with Crippen molar-refractivity contribution in [1.82, 2.24) is 5.32 Å². The summed E-state index contributed by atoms with van der Waals surface area (Å²) in [7, 11) is 0. The van der Waals surface area contributed by atoms with Crippen LogP contribution in [0.5, 0.6) is 0 Å². The van der Waals surface area contributed by atoms with Crippen molar-refractivity contribution < 1.29 is 9.53 Å². The highest BCUT2D eigenvalue weighted by Crippen LogP contribution is 2.15. The third-order valence-electron chi connectivity index (χ3n) is 3.14. The molecule has 1 saturated heterocycles. The molecule has 1 fully saturated rings. The number of hydrogen-bond donors (Lipinski definition) is 1. The van der Waals surface area contributed by atoms with Crippen molar-refractivity contribution in [3.05, 3.63) is 35.4 Å². The monoisotopic (exact) mass is 244 g/mol. The summed E-state index contributed by atoms with van der Waals surface area (Å²) < 4.78 is 5.53. The molecule has 1 aromatic carbocycles. The van der Waals surface area contributed by atoms with Crippen molar-refractivity contribution in [3.8, 4) is 6.07 Å². The molecule has 0 saturated carbocycles. The van der Waals surface area contributed by atoms with E-state index in [0.29, 0.717) is 11.1 Å². The second kappa shape index (κ2) is 5.65. The van der Waals surface area contributed by atoms with E-state index in [1.165, 1.54) is 0 Å². The van der Waals surface area contributed by atoms with Crippen LogP contribution < -0.4 is 5.32 Å². The summed E-state index contributed by atoms with van der Waals surface area (Å²) in [6, 6.07) is 8.71. The summed E-state index contributed by atoms with van der Waals surface area (Å²) in [5, 5.41) is 11.7. The van der Waals surface area contributed by atoms with E-state index in [1.54, 1.807) is 24.3 Å². The Morgan fingerprint density at radius 3 is 3.11 bits per heavy atom. The van der Waals surface area contributed by atoms with Crippen LogP contribution in [0.15, 0.2) is 24.3 Å². The fourth-order valence-corrected chi connectivity index (χ4v) is 2.11. The minimum Gasteiger partial charge on any atom is -0.376 e. The molecular weight excluding hydrogens is 228 g/mol. The van der Waals surface area contributed by atoms with E-state index in [9.17, 15) is 4.79 Å². The quantitative estimate of drug-likeness (QED) is 0.882. The number of benzene rings is 1. The number of nitriles is 1. The third kappa shape index (κ3) is 2.88. The fraction of sp³-hybridized carbons (Fsp3) is 0.429. The van der Waals surface area contributed by atoms with Gasteiger partial charge in [-0.1, -0.05) is 6.07 Å². The molecule has 1 N–H and O–H groups in total. The smallest absolute Gasteiger partial charge is 0.251 e. The molecule has 4 heteroatoms. The van der Waals surface area contributed by atoms with Crippen molar-refractivity contribution in [3.63, 3.8) is 0 Å². The molecular formula is C14H16N2O2. The predicted octanol–water partition coefficient (Wildman–Crippen LogP) is 1.86. The first-order valence-corrected chi connectivity index (χ1v) is 6.13. The van der Waals surface area contributed by atoms with E-state index in [-0.39, 0.29) is 18.1 Å². The summed E-state index contributed by atoms with van der Waals surface area (Å²) >= 11 is 0. The number of ether oxygens (including phenoxy) is 1. The molecule has 0 unspecified atom stereocenters. The molecule has 4 nitrogen and oxygen atoms in total. The molecule has 1 aliphatic heterocycles. The number of nitrogens with zero attached hydrogens (tertiary/aromatic N) is 1. The largest absolute Gasteiger partial charge is 0.376 e. The van der Waals surface area contributed by atoms with Crippen molar-refractivity contribution in [2.24, 2.45) is 0 Å². The van der Waals surface area contributed by atoms with Crippen LogP contribution in [0.25, 0.3) is 0 Å². The van der Waals surface area contributed by atoms with Crippen molar-refractivity contribution in [2.75, 3.05) is 6.61 Å². The lowest BCUT2D eigenvalue weighted by Gasteiger charge is -2.20. The highest BCUT2D eigenvalue weighted by molar-refractivity contribution is 5.94. The van der Waals surface area contributed by atoms with Gasteiger partial charge in [-0.05, 0) is 38.0 Å². The average Bonchev–Trinajstić information content (AvgIpc) is 2.92.